The summed E-state index contributed by atoms with van der Waals surface area (Å²) in [5, 5.41) is -0.255. The topological polar surface area (TPSA) is 105 Å². The van der Waals surface area contributed by atoms with Crippen LogP contribution >= 0.6 is 11.8 Å². The van der Waals surface area contributed by atoms with E-state index in [0.29, 0.717) is 0 Å². The second kappa shape index (κ2) is 8.14. The Balaban J connectivity index is 3.03. The number of thioether (sulfide) groups is 1. The Morgan fingerprint density at radius 1 is 0.864 bits per heavy atom. The first kappa shape index (κ1) is 18.4. The van der Waals surface area contributed by atoms with E-state index in [4.69, 9.17) is 18.9 Å². The van der Waals surface area contributed by atoms with Gasteiger partial charge in [-0.15, -0.1) is 0 Å². The van der Waals surface area contributed by atoms with E-state index >= 15 is 0 Å². The molecule has 1 aliphatic heterocycles. The first-order valence-electron chi connectivity index (χ1n) is 6.51. The molecule has 8 nitrogen and oxygen atoms in total. The van der Waals surface area contributed by atoms with Crippen LogP contribution in [0.4, 0.5) is 0 Å². The highest BCUT2D eigenvalue weighted by Gasteiger charge is 2.47. The molecular formula is C13H18O8S. The van der Waals surface area contributed by atoms with E-state index in [1.807, 2.05) is 0 Å². The van der Waals surface area contributed by atoms with Gasteiger partial charge in [-0.2, -0.15) is 0 Å². The molecule has 0 N–H and O–H groups in total. The van der Waals surface area contributed by atoms with Crippen molar-refractivity contribution in [2.24, 2.45) is 0 Å². The van der Waals surface area contributed by atoms with Crippen molar-refractivity contribution in [1.29, 1.82) is 0 Å². The fraction of sp³-hybridized carbons (Fsp3) is 0.692. The van der Waals surface area contributed by atoms with Crippen LogP contribution in [0, 0.1) is 0 Å². The van der Waals surface area contributed by atoms with Crippen LogP contribution in [0.3, 0.4) is 0 Å². The average molecular weight is 334 g/mol. The number of carbonyl (C=O) groups is 4. The van der Waals surface area contributed by atoms with E-state index < -0.39 is 41.7 Å². The predicted molar refractivity (Wildman–Crippen MR) is 74.7 cm³/mol. The van der Waals surface area contributed by atoms with Gasteiger partial charge in [-0.1, -0.05) is 11.8 Å². The number of hydrogen-bond donors (Lipinski definition) is 0. The maximum atomic E-state index is 11.3. The zero-order valence-electron chi connectivity index (χ0n) is 12.7. The van der Waals surface area contributed by atoms with Gasteiger partial charge in [0.05, 0.1) is 6.61 Å². The van der Waals surface area contributed by atoms with Crippen molar-refractivity contribution in [3.05, 3.63) is 0 Å². The highest BCUT2D eigenvalue weighted by Crippen LogP contribution is 2.30. The number of esters is 3. The summed E-state index contributed by atoms with van der Waals surface area (Å²) in [6.07, 6.45) is -3.03. The average Bonchev–Trinajstić information content (AvgIpc) is 2.34. The van der Waals surface area contributed by atoms with Crippen LogP contribution in [-0.2, 0) is 38.1 Å². The van der Waals surface area contributed by atoms with E-state index in [0.717, 1.165) is 11.8 Å². The summed E-state index contributed by atoms with van der Waals surface area (Å²) in [7, 11) is 0. The largest absolute Gasteiger partial charge is 0.456 e. The zero-order chi connectivity index (χ0) is 16.9. The van der Waals surface area contributed by atoms with Crippen LogP contribution in [0.2, 0.25) is 0 Å². The number of rotatable bonds is 4. The highest BCUT2D eigenvalue weighted by atomic mass is 32.2. The summed E-state index contributed by atoms with van der Waals surface area (Å²) >= 11 is 0.807. The van der Waals surface area contributed by atoms with Crippen molar-refractivity contribution < 1.29 is 38.1 Å². The van der Waals surface area contributed by atoms with Gasteiger partial charge < -0.3 is 18.9 Å². The molecule has 0 aliphatic carbocycles. The van der Waals surface area contributed by atoms with E-state index in [1.165, 1.54) is 27.7 Å². The molecule has 22 heavy (non-hydrogen) atoms. The Bertz CT molecular complexity index is 421. The first-order chi connectivity index (χ1) is 10.2. The fourth-order valence-corrected chi connectivity index (χ4v) is 2.79. The van der Waals surface area contributed by atoms with Crippen molar-refractivity contribution in [2.45, 2.75) is 51.4 Å². The maximum absolute atomic E-state index is 11.3. The highest BCUT2D eigenvalue weighted by molar-refractivity contribution is 8.14. The van der Waals surface area contributed by atoms with Gasteiger partial charge in [0.25, 0.3) is 0 Å². The third-order valence-corrected chi connectivity index (χ3v) is 3.56. The lowest BCUT2D eigenvalue weighted by Crippen LogP contribution is -2.56. The Morgan fingerprint density at radius 2 is 1.36 bits per heavy atom. The van der Waals surface area contributed by atoms with Crippen molar-refractivity contribution >= 4 is 34.8 Å². The van der Waals surface area contributed by atoms with Crippen LogP contribution in [0.1, 0.15) is 27.7 Å². The van der Waals surface area contributed by atoms with Gasteiger partial charge >= 0.3 is 17.9 Å². The third-order valence-electron chi connectivity index (χ3n) is 2.59. The standard InChI is InChI=1S/C13H18O8S/c1-6(14)19-10-5-18-13(22-9(4)17)12(21-8(3)16)11(10)20-7(2)15/h10-13H,5H2,1-4H3/t10-,11-,12-,13+/m1/s1. The summed E-state index contributed by atoms with van der Waals surface area (Å²) in [6.45, 7) is 4.80. The molecule has 124 valence electrons. The molecule has 0 radical (unpaired) electrons. The Morgan fingerprint density at radius 3 is 1.82 bits per heavy atom. The van der Waals surface area contributed by atoms with Gasteiger partial charge in [-0.25, -0.2) is 0 Å². The monoisotopic (exact) mass is 334 g/mol. The Labute approximate surface area is 131 Å². The molecule has 1 aliphatic rings. The summed E-state index contributed by atoms with van der Waals surface area (Å²) in [5.41, 5.74) is -0.849. The molecule has 1 rings (SSSR count). The second-order valence-corrected chi connectivity index (χ2v) is 5.88. The summed E-state index contributed by atoms with van der Waals surface area (Å²) in [4.78, 5) is 45.0. The SMILES string of the molecule is CC(=O)O[C@@H]1[C@H](OC(C)=O)[C@H](OC(C)=O)CO[C@H]1SC(C)=O. The summed E-state index contributed by atoms with van der Waals surface area (Å²) in [6, 6.07) is 0. The van der Waals surface area contributed by atoms with Crippen LogP contribution in [0.5, 0.6) is 0 Å². The molecule has 0 unspecified atom stereocenters. The Kier molecular flexibility index (Phi) is 6.82. The molecule has 0 spiro atoms. The molecule has 0 aromatic rings. The molecule has 0 aromatic carbocycles. The lowest BCUT2D eigenvalue weighted by Gasteiger charge is -2.39. The van der Waals surface area contributed by atoms with E-state index in [-0.39, 0.29) is 11.7 Å². The maximum Gasteiger partial charge on any atom is 0.303 e. The molecule has 0 bridgehead atoms. The van der Waals surface area contributed by atoms with Crippen molar-refractivity contribution in [3.63, 3.8) is 0 Å². The minimum atomic E-state index is -1.06. The van der Waals surface area contributed by atoms with Gasteiger partial charge in [0, 0.05) is 27.7 Å². The van der Waals surface area contributed by atoms with Gasteiger partial charge in [0.15, 0.2) is 28.9 Å². The van der Waals surface area contributed by atoms with Crippen LogP contribution in [0.25, 0.3) is 0 Å². The smallest absolute Gasteiger partial charge is 0.303 e. The van der Waals surface area contributed by atoms with Gasteiger partial charge in [0.1, 0.15) is 0 Å². The fourth-order valence-electron chi connectivity index (χ4n) is 1.97. The Hall–Kier alpha value is -1.61. The van der Waals surface area contributed by atoms with Gasteiger partial charge in [-0.05, 0) is 0 Å². The minimum absolute atomic E-state index is 0.0831. The molecule has 4 atom stereocenters. The first-order valence-corrected chi connectivity index (χ1v) is 7.39. The molecule has 1 heterocycles. The van der Waals surface area contributed by atoms with E-state index in [2.05, 4.69) is 0 Å². The lowest BCUT2D eigenvalue weighted by atomic mass is 10.1. The molecular weight excluding hydrogens is 316 g/mol. The van der Waals surface area contributed by atoms with E-state index in [9.17, 15) is 19.2 Å². The minimum Gasteiger partial charge on any atom is -0.456 e. The quantitative estimate of drug-likeness (QED) is 0.534. The van der Waals surface area contributed by atoms with Gasteiger partial charge in [-0.3, -0.25) is 19.2 Å². The molecule has 1 saturated heterocycles. The second-order valence-electron chi connectivity index (χ2n) is 4.61. The number of ether oxygens (including phenoxy) is 4. The zero-order valence-corrected chi connectivity index (χ0v) is 13.5. The molecule has 0 aromatic heterocycles. The number of carbonyl (C=O) groups excluding carboxylic acids is 4. The van der Waals surface area contributed by atoms with Crippen LogP contribution in [0.15, 0.2) is 0 Å². The molecule has 9 heteroatoms. The number of hydrogen-bond acceptors (Lipinski definition) is 9. The normalized spacial score (nSPS) is 27.6. The summed E-state index contributed by atoms with van der Waals surface area (Å²) in [5.74, 6) is -1.86. The molecule has 0 amide bonds. The third kappa shape index (κ3) is 5.64. The van der Waals surface area contributed by atoms with Crippen molar-refractivity contribution in [2.75, 3.05) is 6.61 Å². The van der Waals surface area contributed by atoms with Crippen molar-refractivity contribution in [3.8, 4) is 0 Å². The van der Waals surface area contributed by atoms with Crippen molar-refractivity contribution in [1.82, 2.24) is 0 Å². The van der Waals surface area contributed by atoms with Crippen LogP contribution in [-0.4, -0.2) is 53.4 Å². The lowest BCUT2D eigenvalue weighted by molar-refractivity contribution is -0.213. The predicted octanol–water partition coefficient (Wildman–Crippen LogP) is 0.417. The summed E-state index contributed by atoms with van der Waals surface area (Å²) < 4.78 is 20.7. The van der Waals surface area contributed by atoms with Gasteiger partial charge in [0.2, 0.25) is 0 Å². The molecule has 0 saturated carbocycles. The molecule has 1 fully saturated rings. The van der Waals surface area contributed by atoms with Crippen LogP contribution < -0.4 is 0 Å². The van der Waals surface area contributed by atoms with E-state index in [1.54, 1.807) is 0 Å².